The van der Waals surface area contributed by atoms with E-state index in [1.807, 2.05) is 31.2 Å². The second kappa shape index (κ2) is 7.96. The number of hydrogen-bond donors (Lipinski definition) is 1. The molecule has 0 spiro atoms. The Morgan fingerprint density at radius 3 is 2.17 bits per heavy atom. The highest BCUT2D eigenvalue weighted by molar-refractivity contribution is 7.92. The molecule has 152 valence electrons. The first-order chi connectivity index (χ1) is 14.0. The standard InChI is InChI=1S/C21H25N5O2S/c1-3-25-12-14-26(15-13-25)21-20(22-18-6-4-5-7-19(18)23-21)24-29(27,28)17-10-8-16(2)9-11-17/h4-11H,3,12-15H2,1-2H3,(H,22,24). The summed E-state index contributed by atoms with van der Waals surface area (Å²) in [5.41, 5.74) is 2.41. The summed E-state index contributed by atoms with van der Waals surface area (Å²) in [6, 6.07) is 14.3. The van der Waals surface area contributed by atoms with Crippen LogP contribution in [0.2, 0.25) is 0 Å². The van der Waals surface area contributed by atoms with Gasteiger partial charge in [0, 0.05) is 26.2 Å². The Labute approximate surface area is 171 Å². The zero-order valence-electron chi connectivity index (χ0n) is 16.7. The topological polar surface area (TPSA) is 78.4 Å². The molecule has 1 N–H and O–H groups in total. The smallest absolute Gasteiger partial charge is 0.263 e. The molecule has 0 aliphatic carbocycles. The summed E-state index contributed by atoms with van der Waals surface area (Å²) >= 11 is 0. The summed E-state index contributed by atoms with van der Waals surface area (Å²) < 4.78 is 28.6. The van der Waals surface area contributed by atoms with Crippen LogP contribution < -0.4 is 9.62 Å². The second-order valence-corrected chi connectivity index (χ2v) is 8.91. The number of aromatic nitrogens is 2. The maximum Gasteiger partial charge on any atom is 0.263 e. The van der Waals surface area contributed by atoms with E-state index in [9.17, 15) is 8.42 Å². The molecule has 0 amide bonds. The van der Waals surface area contributed by atoms with Crippen molar-refractivity contribution in [2.24, 2.45) is 0 Å². The summed E-state index contributed by atoms with van der Waals surface area (Å²) in [6.07, 6.45) is 0. The van der Waals surface area contributed by atoms with Gasteiger partial charge in [0.2, 0.25) is 0 Å². The highest BCUT2D eigenvalue weighted by Crippen LogP contribution is 2.28. The number of rotatable bonds is 5. The van der Waals surface area contributed by atoms with Crippen LogP contribution in [0.1, 0.15) is 12.5 Å². The molecule has 0 bridgehead atoms. The van der Waals surface area contributed by atoms with Gasteiger partial charge in [0.15, 0.2) is 11.6 Å². The van der Waals surface area contributed by atoms with Gasteiger partial charge in [-0.05, 0) is 37.7 Å². The molecule has 1 aliphatic heterocycles. The summed E-state index contributed by atoms with van der Waals surface area (Å²) in [7, 11) is -3.76. The number of nitrogens with zero attached hydrogens (tertiary/aromatic N) is 4. The molecule has 0 atom stereocenters. The van der Waals surface area contributed by atoms with Crippen molar-refractivity contribution < 1.29 is 8.42 Å². The number of sulfonamides is 1. The molecule has 1 aliphatic rings. The maximum absolute atomic E-state index is 13.0. The van der Waals surface area contributed by atoms with Crippen LogP contribution >= 0.6 is 0 Å². The number of piperazine rings is 1. The highest BCUT2D eigenvalue weighted by atomic mass is 32.2. The van der Waals surface area contributed by atoms with Crippen LogP contribution in [0.15, 0.2) is 53.4 Å². The molecular weight excluding hydrogens is 386 g/mol. The van der Waals surface area contributed by atoms with Gasteiger partial charge in [-0.2, -0.15) is 0 Å². The zero-order chi connectivity index (χ0) is 20.4. The number of aryl methyl sites for hydroxylation is 1. The van der Waals surface area contributed by atoms with Crippen LogP contribution in [0.4, 0.5) is 11.6 Å². The molecular formula is C21H25N5O2S. The first-order valence-corrected chi connectivity index (χ1v) is 11.3. The lowest BCUT2D eigenvalue weighted by Crippen LogP contribution is -2.46. The van der Waals surface area contributed by atoms with Crippen molar-refractivity contribution in [1.29, 1.82) is 0 Å². The first-order valence-electron chi connectivity index (χ1n) is 9.80. The lowest BCUT2D eigenvalue weighted by atomic mass is 10.2. The minimum atomic E-state index is -3.76. The van der Waals surface area contributed by atoms with Crippen molar-refractivity contribution in [3.8, 4) is 0 Å². The third-order valence-electron chi connectivity index (χ3n) is 5.23. The largest absolute Gasteiger partial charge is 0.351 e. The summed E-state index contributed by atoms with van der Waals surface area (Å²) in [4.78, 5) is 14.0. The van der Waals surface area contributed by atoms with E-state index >= 15 is 0 Å². The van der Waals surface area contributed by atoms with Gasteiger partial charge >= 0.3 is 0 Å². The predicted molar refractivity (Wildman–Crippen MR) is 116 cm³/mol. The Morgan fingerprint density at radius 1 is 0.931 bits per heavy atom. The van der Waals surface area contributed by atoms with E-state index in [0.29, 0.717) is 11.3 Å². The van der Waals surface area contributed by atoms with Crippen molar-refractivity contribution >= 4 is 32.7 Å². The molecule has 1 aromatic heterocycles. The average Bonchev–Trinajstić information content (AvgIpc) is 2.73. The third-order valence-corrected chi connectivity index (χ3v) is 6.59. The summed E-state index contributed by atoms with van der Waals surface area (Å²) in [5.74, 6) is 0.851. The molecule has 0 saturated carbocycles. The van der Waals surface area contributed by atoms with E-state index in [1.54, 1.807) is 24.3 Å². The van der Waals surface area contributed by atoms with Gasteiger partial charge in [-0.15, -0.1) is 0 Å². The molecule has 29 heavy (non-hydrogen) atoms. The zero-order valence-corrected chi connectivity index (χ0v) is 17.5. The van der Waals surface area contributed by atoms with E-state index in [1.165, 1.54) is 0 Å². The van der Waals surface area contributed by atoms with E-state index in [-0.39, 0.29) is 10.7 Å². The second-order valence-electron chi connectivity index (χ2n) is 7.22. The van der Waals surface area contributed by atoms with Crippen molar-refractivity contribution in [2.75, 3.05) is 42.3 Å². The summed E-state index contributed by atoms with van der Waals surface area (Å²) in [6.45, 7) is 8.45. The number of benzene rings is 2. The Hall–Kier alpha value is -2.71. The van der Waals surface area contributed by atoms with Gasteiger partial charge in [-0.3, -0.25) is 4.72 Å². The fourth-order valence-electron chi connectivity index (χ4n) is 3.46. The Morgan fingerprint density at radius 2 is 1.55 bits per heavy atom. The molecule has 2 aromatic carbocycles. The number of anilines is 2. The van der Waals surface area contributed by atoms with Crippen molar-refractivity contribution in [3.63, 3.8) is 0 Å². The van der Waals surface area contributed by atoms with Crippen molar-refractivity contribution in [1.82, 2.24) is 14.9 Å². The lowest BCUT2D eigenvalue weighted by Gasteiger charge is -2.35. The number of hydrogen-bond acceptors (Lipinski definition) is 6. The minimum absolute atomic E-state index is 0.208. The number of nitrogens with one attached hydrogen (secondary N) is 1. The predicted octanol–water partition coefficient (Wildman–Crippen LogP) is 2.88. The van der Waals surface area contributed by atoms with E-state index in [2.05, 4.69) is 26.4 Å². The molecule has 4 rings (SSSR count). The van der Waals surface area contributed by atoms with Crippen LogP contribution in [-0.2, 0) is 10.0 Å². The lowest BCUT2D eigenvalue weighted by molar-refractivity contribution is 0.270. The van der Waals surface area contributed by atoms with E-state index in [0.717, 1.165) is 43.8 Å². The van der Waals surface area contributed by atoms with Crippen LogP contribution in [-0.4, -0.2) is 56.0 Å². The molecule has 0 unspecified atom stereocenters. The maximum atomic E-state index is 13.0. The van der Waals surface area contributed by atoms with Crippen LogP contribution in [0.25, 0.3) is 11.0 Å². The van der Waals surface area contributed by atoms with Gasteiger partial charge in [0.1, 0.15) is 0 Å². The van der Waals surface area contributed by atoms with Crippen LogP contribution in [0, 0.1) is 6.92 Å². The average molecular weight is 412 g/mol. The Kier molecular flexibility index (Phi) is 5.38. The third kappa shape index (κ3) is 4.18. The molecule has 2 heterocycles. The normalized spacial score (nSPS) is 15.6. The fraction of sp³-hybridized carbons (Fsp3) is 0.333. The molecule has 1 saturated heterocycles. The van der Waals surface area contributed by atoms with E-state index in [4.69, 9.17) is 4.98 Å². The number of fused-ring (bicyclic) bond motifs is 1. The van der Waals surface area contributed by atoms with Crippen molar-refractivity contribution in [2.45, 2.75) is 18.7 Å². The molecule has 3 aromatic rings. The Balaban J connectivity index is 1.73. The molecule has 0 radical (unpaired) electrons. The Bertz CT molecular complexity index is 1110. The number of likely N-dealkylation sites (N-methyl/N-ethyl adjacent to an activating group) is 1. The van der Waals surface area contributed by atoms with Crippen molar-refractivity contribution in [3.05, 3.63) is 54.1 Å². The van der Waals surface area contributed by atoms with E-state index < -0.39 is 10.0 Å². The van der Waals surface area contributed by atoms with Crippen LogP contribution in [0.3, 0.4) is 0 Å². The molecule has 1 fully saturated rings. The quantitative estimate of drug-likeness (QED) is 0.696. The SMILES string of the molecule is CCN1CCN(c2nc3ccccc3nc2NS(=O)(=O)c2ccc(C)cc2)CC1. The number of para-hydroxylation sites is 2. The minimum Gasteiger partial charge on any atom is -0.351 e. The monoisotopic (exact) mass is 411 g/mol. The van der Waals surface area contributed by atoms with Gasteiger partial charge in [0.25, 0.3) is 10.0 Å². The van der Waals surface area contributed by atoms with Gasteiger partial charge in [-0.1, -0.05) is 36.8 Å². The fourth-order valence-corrected chi connectivity index (χ4v) is 4.46. The van der Waals surface area contributed by atoms with Gasteiger partial charge in [-0.25, -0.2) is 18.4 Å². The summed E-state index contributed by atoms with van der Waals surface area (Å²) in [5, 5.41) is 0. The first kappa shape index (κ1) is 19.6. The molecule has 8 heteroatoms. The molecule has 7 nitrogen and oxygen atoms in total. The van der Waals surface area contributed by atoms with Gasteiger partial charge < -0.3 is 9.80 Å². The van der Waals surface area contributed by atoms with Gasteiger partial charge in [0.05, 0.1) is 15.9 Å². The highest BCUT2D eigenvalue weighted by Gasteiger charge is 2.24. The van der Waals surface area contributed by atoms with Crippen LogP contribution in [0.5, 0.6) is 0 Å².